The number of aryl methyl sites for hydroxylation is 4. The normalized spacial score (nSPS) is 12.6. The second-order valence-electron chi connectivity index (χ2n) is 6.03. The molecule has 3 aromatic rings. The van der Waals surface area contributed by atoms with Gasteiger partial charge in [-0.1, -0.05) is 13.0 Å². The number of hydrogen-bond acceptors (Lipinski definition) is 4. The first kappa shape index (κ1) is 15.5. The number of nitrogens with zero attached hydrogens (tertiary/aromatic N) is 4. The molecule has 0 radical (unpaired) electrons. The fourth-order valence-electron chi connectivity index (χ4n) is 2.60. The maximum absolute atomic E-state index is 4.71. The summed E-state index contributed by atoms with van der Waals surface area (Å²) >= 11 is 0. The Morgan fingerprint density at radius 2 is 2.00 bits per heavy atom. The number of pyridine rings is 1. The van der Waals surface area contributed by atoms with Crippen LogP contribution in [0.5, 0.6) is 0 Å². The molecule has 0 amide bonds. The second-order valence-corrected chi connectivity index (χ2v) is 6.03. The molecular formula is C18H23N5. The average molecular weight is 309 g/mol. The summed E-state index contributed by atoms with van der Waals surface area (Å²) in [4.78, 5) is 9.10. The van der Waals surface area contributed by atoms with Crippen molar-refractivity contribution in [2.45, 2.75) is 47.1 Å². The maximum atomic E-state index is 4.71. The number of nitrogens with one attached hydrogen (secondary N) is 1. The van der Waals surface area contributed by atoms with E-state index in [4.69, 9.17) is 4.98 Å². The van der Waals surface area contributed by atoms with Gasteiger partial charge >= 0.3 is 0 Å². The third-order valence-electron chi connectivity index (χ3n) is 4.27. The van der Waals surface area contributed by atoms with Crippen molar-refractivity contribution in [1.29, 1.82) is 0 Å². The molecule has 3 aromatic heterocycles. The van der Waals surface area contributed by atoms with Crippen LogP contribution in [0.15, 0.2) is 24.4 Å². The van der Waals surface area contributed by atoms with Gasteiger partial charge in [0, 0.05) is 29.2 Å². The Balaban J connectivity index is 2.01. The van der Waals surface area contributed by atoms with E-state index < -0.39 is 0 Å². The minimum absolute atomic E-state index is 0.142. The smallest absolute Gasteiger partial charge is 0.160 e. The molecule has 0 saturated carbocycles. The predicted octanol–water partition coefficient (Wildman–Crippen LogP) is 3.79. The van der Waals surface area contributed by atoms with E-state index in [-0.39, 0.29) is 6.04 Å². The van der Waals surface area contributed by atoms with Gasteiger partial charge < -0.3 is 5.32 Å². The highest BCUT2D eigenvalue weighted by molar-refractivity contribution is 5.56. The van der Waals surface area contributed by atoms with Gasteiger partial charge in [0.1, 0.15) is 5.82 Å². The molecule has 1 atom stereocenters. The Labute approximate surface area is 136 Å². The van der Waals surface area contributed by atoms with E-state index in [0.717, 1.165) is 46.1 Å². The molecule has 3 heterocycles. The second kappa shape index (κ2) is 5.99. The van der Waals surface area contributed by atoms with Gasteiger partial charge in [0.05, 0.1) is 11.7 Å². The summed E-state index contributed by atoms with van der Waals surface area (Å²) in [7, 11) is 0. The third-order valence-corrected chi connectivity index (χ3v) is 4.27. The third kappa shape index (κ3) is 2.91. The van der Waals surface area contributed by atoms with Crippen LogP contribution in [0, 0.1) is 20.8 Å². The number of anilines is 1. The lowest BCUT2D eigenvalue weighted by Crippen LogP contribution is -2.12. The van der Waals surface area contributed by atoms with E-state index >= 15 is 0 Å². The van der Waals surface area contributed by atoms with Gasteiger partial charge in [-0.15, -0.1) is 0 Å². The van der Waals surface area contributed by atoms with Crippen molar-refractivity contribution in [3.05, 3.63) is 52.6 Å². The highest BCUT2D eigenvalue weighted by Crippen LogP contribution is 2.23. The molecule has 0 fully saturated rings. The maximum Gasteiger partial charge on any atom is 0.160 e. The van der Waals surface area contributed by atoms with E-state index in [1.54, 1.807) is 0 Å². The van der Waals surface area contributed by atoms with Crippen molar-refractivity contribution in [2.24, 2.45) is 0 Å². The Morgan fingerprint density at radius 1 is 1.22 bits per heavy atom. The summed E-state index contributed by atoms with van der Waals surface area (Å²) in [6, 6.07) is 6.37. The molecule has 5 nitrogen and oxygen atoms in total. The monoisotopic (exact) mass is 309 g/mol. The molecule has 1 N–H and O–H groups in total. The van der Waals surface area contributed by atoms with Gasteiger partial charge in [-0.2, -0.15) is 9.61 Å². The SMILES string of the molecule is CCc1cc(N[C@H](C)c2ccc(C)nc2)n2nc(C)c(C)c2n1. The quantitative estimate of drug-likeness (QED) is 0.797. The van der Waals surface area contributed by atoms with Gasteiger partial charge in [0.25, 0.3) is 0 Å². The molecule has 120 valence electrons. The minimum Gasteiger partial charge on any atom is -0.363 e. The number of rotatable bonds is 4. The van der Waals surface area contributed by atoms with Crippen LogP contribution < -0.4 is 5.32 Å². The van der Waals surface area contributed by atoms with Crippen molar-refractivity contribution >= 4 is 11.5 Å². The molecule has 23 heavy (non-hydrogen) atoms. The van der Waals surface area contributed by atoms with Crippen LogP contribution >= 0.6 is 0 Å². The summed E-state index contributed by atoms with van der Waals surface area (Å²) in [5.41, 5.74) is 6.32. The Morgan fingerprint density at radius 3 is 2.65 bits per heavy atom. The van der Waals surface area contributed by atoms with Gasteiger partial charge in [-0.3, -0.25) is 4.98 Å². The van der Waals surface area contributed by atoms with E-state index in [2.05, 4.69) is 48.3 Å². The standard InChI is InChI=1S/C18H23N5/c1-6-16-9-17(23-18(21-16)12(3)13(4)22-23)20-14(5)15-8-7-11(2)19-10-15/h7-10,14,20H,6H2,1-5H3/t14-/m1/s1. The molecule has 0 saturated heterocycles. The Bertz CT molecular complexity index is 833. The Hall–Kier alpha value is -2.43. The molecular weight excluding hydrogens is 286 g/mol. The number of aromatic nitrogens is 4. The van der Waals surface area contributed by atoms with Gasteiger partial charge in [0.2, 0.25) is 0 Å². The van der Waals surface area contributed by atoms with Crippen LogP contribution in [0.2, 0.25) is 0 Å². The minimum atomic E-state index is 0.142. The Kier molecular flexibility index (Phi) is 4.03. The summed E-state index contributed by atoms with van der Waals surface area (Å²) in [5, 5.41) is 8.18. The van der Waals surface area contributed by atoms with Gasteiger partial charge in [0.15, 0.2) is 5.65 Å². The highest BCUT2D eigenvalue weighted by Gasteiger charge is 2.14. The van der Waals surface area contributed by atoms with Crippen LogP contribution in [0.25, 0.3) is 5.65 Å². The number of fused-ring (bicyclic) bond motifs is 1. The molecule has 0 aromatic carbocycles. The molecule has 0 spiro atoms. The van der Waals surface area contributed by atoms with E-state index in [9.17, 15) is 0 Å². The zero-order valence-corrected chi connectivity index (χ0v) is 14.4. The summed E-state index contributed by atoms with van der Waals surface area (Å²) < 4.78 is 1.90. The largest absolute Gasteiger partial charge is 0.363 e. The lowest BCUT2D eigenvalue weighted by molar-refractivity contribution is 0.823. The van der Waals surface area contributed by atoms with Crippen molar-refractivity contribution in [2.75, 3.05) is 5.32 Å². The van der Waals surface area contributed by atoms with Gasteiger partial charge in [-0.25, -0.2) is 4.98 Å². The van der Waals surface area contributed by atoms with E-state index in [0.29, 0.717) is 0 Å². The molecule has 0 aliphatic rings. The molecule has 0 unspecified atom stereocenters. The zero-order chi connectivity index (χ0) is 16.6. The molecule has 3 rings (SSSR count). The first-order valence-corrected chi connectivity index (χ1v) is 8.04. The first-order chi connectivity index (χ1) is 11.0. The van der Waals surface area contributed by atoms with Crippen molar-refractivity contribution < 1.29 is 0 Å². The van der Waals surface area contributed by atoms with Gasteiger partial charge in [-0.05, 0) is 45.7 Å². The fourth-order valence-corrected chi connectivity index (χ4v) is 2.60. The molecule has 0 aliphatic carbocycles. The predicted molar refractivity (Wildman–Crippen MR) is 92.9 cm³/mol. The molecule has 0 aliphatic heterocycles. The first-order valence-electron chi connectivity index (χ1n) is 8.04. The topological polar surface area (TPSA) is 55.1 Å². The van der Waals surface area contributed by atoms with Crippen molar-refractivity contribution in [3.63, 3.8) is 0 Å². The lowest BCUT2D eigenvalue weighted by atomic mass is 10.1. The van der Waals surface area contributed by atoms with Crippen LogP contribution in [0.3, 0.4) is 0 Å². The summed E-state index contributed by atoms with van der Waals surface area (Å²) in [6.07, 6.45) is 2.82. The van der Waals surface area contributed by atoms with E-state index in [1.807, 2.05) is 30.6 Å². The van der Waals surface area contributed by atoms with Crippen LogP contribution in [0.1, 0.15) is 48.1 Å². The zero-order valence-electron chi connectivity index (χ0n) is 14.4. The number of hydrogen-bond donors (Lipinski definition) is 1. The van der Waals surface area contributed by atoms with Crippen LogP contribution in [0.4, 0.5) is 5.82 Å². The molecule has 5 heteroatoms. The summed E-state index contributed by atoms with van der Waals surface area (Å²) in [5.74, 6) is 0.969. The highest BCUT2D eigenvalue weighted by atomic mass is 15.3. The average Bonchev–Trinajstić information content (AvgIpc) is 2.83. The lowest BCUT2D eigenvalue weighted by Gasteiger charge is -2.17. The molecule has 0 bridgehead atoms. The van der Waals surface area contributed by atoms with Crippen LogP contribution in [-0.4, -0.2) is 19.6 Å². The van der Waals surface area contributed by atoms with Crippen molar-refractivity contribution in [1.82, 2.24) is 19.6 Å². The fraction of sp³-hybridized carbons (Fsp3) is 0.389. The van der Waals surface area contributed by atoms with E-state index in [1.165, 1.54) is 0 Å². The van der Waals surface area contributed by atoms with Crippen LogP contribution in [-0.2, 0) is 6.42 Å². The summed E-state index contributed by atoms with van der Waals surface area (Å²) in [6.45, 7) is 10.3. The van der Waals surface area contributed by atoms with Crippen molar-refractivity contribution in [3.8, 4) is 0 Å².